The quantitative estimate of drug-likeness (QED) is 0.609. The molecule has 0 bridgehead atoms. The maximum absolute atomic E-state index is 10.6. The summed E-state index contributed by atoms with van der Waals surface area (Å²) >= 11 is 0. The lowest BCUT2D eigenvalue weighted by Crippen LogP contribution is -2.37. The molecule has 1 aliphatic carbocycles. The normalized spacial score (nSPS) is 19.8. The van der Waals surface area contributed by atoms with Gasteiger partial charge < -0.3 is 16.2 Å². The van der Waals surface area contributed by atoms with Crippen molar-refractivity contribution < 1.29 is 9.53 Å². The Balaban J connectivity index is 1.95. The first-order valence-corrected chi connectivity index (χ1v) is 5.33. The third-order valence-corrected chi connectivity index (χ3v) is 2.77. The highest BCUT2D eigenvalue weighted by Crippen LogP contribution is 2.24. The monoisotopic (exact) mass is 200 g/mol. The molecule has 1 saturated carbocycles. The minimum absolute atomic E-state index is 0.450. The molecule has 0 aromatic heterocycles. The summed E-state index contributed by atoms with van der Waals surface area (Å²) in [7, 11) is 0. The maximum atomic E-state index is 10.6. The summed E-state index contributed by atoms with van der Waals surface area (Å²) in [6.45, 7) is 1.35. The highest BCUT2D eigenvalue weighted by Gasteiger charge is 2.15. The Morgan fingerprint density at radius 3 is 2.64 bits per heavy atom. The van der Waals surface area contributed by atoms with E-state index in [0.29, 0.717) is 13.0 Å². The molecule has 0 radical (unpaired) electrons. The third kappa shape index (κ3) is 4.07. The van der Waals surface area contributed by atoms with Crippen molar-refractivity contribution in [3.8, 4) is 0 Å². The van der Waals surface area contributed by atoms with Crippen LogP contribution in [-0.2, 0) is 9.53 Å². The van der Waals surface area contributed by atoms with Gasteiger partial charge in [-0.15, -0.1) is 0 Å². The Hall–Kier alpha value is -0.610. The molecule has 14 heavy (non-hydrogen) atoms. The first kappa shape index (κ1) is 11.5. The van der Waals surface area contributed by atoms with E-state index in [1.165, 1.54) is 25.7 Å². The molecule has 4 nitrogen and oxygen atoms in total. The molecule has 0 saturated heterocycles. The van der Waals surface area contributed by atoms with Gasteiger partial charge in [0, 0.05) is 13.2 Å². The van der Waals surface area contributed by atoms with Gasteiger partial charge in [0.25, 0.3) is 0 Å². The van der Waals surface area contributed by atoms with Gasteiger partial charge >= 0.3 is 0 Å². The summed E-state index contributed by atoms with van der Waals surface area (Å²) in [5, 5.41) is 0. The van der Waals surface area contributed by atoms with Crippen molar-refractivity contribution in [1.29, 1.82) is 0 Å². The molecule has 1 aliphatic rings. The molecule has 0 heterocycles. The van der Waals surface area contributed by atoms with E-state index in [-0.39, 0.29) is 0 Å². The number of hydrogen-bond acceptors (Lipinski definition) is 3. The molecule has 4 N–H and O–H groups in total. The zero-order valence-electron chi connectivity index (χ0n) is 8.58. The number of amides is 1. The van der Waals surface area contributed by atoms with Crippen LogP contribution in [0, 0.1) is 5.92 Å². The van der Waals surface area contributed by atoms with Gasteiger partial charge in [0.15, 0.2) is 0 Å². The molecule has 0 aromatic carbocycles. The molecule has 1 rings (SSSR count). The topological polar surface area (TPSA) is 78.3 Å². The largest absolute Gasteiger partial charge is 0.381 e. The van der Waals surface area contributed by atoms with E-state index in [0.717, 1.165) is 12.5 Å². The van der Waals surface area contributed by atoms with Crippen molar-refractivity contribution in [2.24, 2.45) is 17.4 Å². The molecule has 1 amide bonds. The van der Waals surface area contributed by atoms with E-state index >= 15 is 0 Å². The van der Waals surface area contributed by atoms with Crippen LogP contribution in [-0.4, -0.2) is 25.2 Å². The van der Waals surface area contributed by atoms with Crippen LogP contribution in [0.4, 0.5) is 0 Å². The molecule has 1 atom stereocenters. The zero-order chi connectivity index (χ0) is 10.4. The number of carbonyl (C=O) groups is 1. The van der Waals surface area contributed by atoms with Crippen LogP contribution in [0.5, 0.6) is 0 Å². The fourth-order valence-corrected chi connectivity index (χ4v) is 1.78. The second-order valence-corrected chi connectivity index (χ2v) is 4.02. The lowest BCUT2D eigenvalue weighted by atomic mass is 10.1. The first-order chi connectivity index (χ1) is 6.70. The Morgan fingerprint density at radius 1 is 1.43 bits per heavy atom. The molecular weight excluding hydrogens is 180 g/mol. The van der Waals surface area contributed by atoms with E-state index in [9.17, 15) is 4.79 Å². The predicted octanol–water partition coefficient (Wildman–Crippen LogP) is 0.396. The Kier molecular flexibility index (Phi) is 4.90. The number of carbonyl (C=O) groups excluding carboxylic acids is 1. The van der Waals surface area contributed by atoms with Gasteiger partial charge in [-0.1, -0.05) is 12.8 Å². The van der Waals surface area contributed by atoms with E-state index in [2.05, 4.69) is 0 Å². The molecule has 0 aliphatic heterocycles. The number of ether oxygens (including phenoxy) is 1. The van der Waals surface area contributed by atoms with Crippen molar-refractivity contribution in [1.82, 2.24) is 0 Å². The van der Waals surface area contributed by atoms with Gasteiger partial charge in [0.1, 0.15) is 0 Å². The minimum Gasteiger partial charge on any atom is -0.381 e. The molecule has 82 valence electrons. The summed E-state index contributed by atoms with van der Waals surface area (Å²) < 4.78 is 5.45. The number of rotatable bonds is 6. The van der Waals surface area contributed by atoms with Crippen molar-refractivity contribution in [2.75, 3.05) is 13.2 Å². The molecule has 1 fully saturated rings. The lowest BCUT2D eigenvalue weighted by Gasteiger charge is -2.11. The van der Waals surface area contributed by atoms with Crippen LogP contribution in [0.1, 0.15) is 32.1 Å². The van der Waals surface area contributed by atoms with Gasteiger partial charge in [0.05, 0.1) is 6.04 Å². The molecule has 0 spiro atoms. The van der Waals surface area contributed by atoms with Gasteiger partial charge in [-0.05, 0) is 25.2 Å². The SMILES string of the molecule is NC(=O)C(N)CCOCC1CCCC1. The number of nitrogens with two attached hydrogens (primary N) is 2. The highest BCUT2D eigenvalue weighted by molar-refractivity contribution is 5.79. The van der Waals surface area contributed by atoms with Crippen LogP contribution in [0.25, 0.3) is 0 Å². The average molecular weight is 200 g/mol. The lowest BCUT2D eigenvalue weighted by molar-refractivity contribution is -0.119. The van der Waals surface area contributed by atoms with E-state index in [1.54, 1.807) is 0 Å². The van der Waals surface area contributed by atoms with Gasteiger partial charge in [0.2, 0.25) is 5.91 Å². The second-order valence-electron chi connectivity index (χ2n) is 4.02. The zero-order valence-corrected chi connectivity index (χ0v) is 8.58. The summed E-state index contributed by atoms with van der Waals surface area (Å²) in [5.41, 5.74) is 10.5. The number of primary amides is 1. The second kappa shape index (κ2) is 5.98. The minimum atomic E-state index is -0.557. The standard InChI is InChI=1S/C10H20N2O2/c11-9(10(12)13)5-6-14-7-8-3-1-2-4-8/h8-9H,1-7,11H2,(H2,12,13). The average Bonchev–Trinajstić information content (AvgIpc) is 2.64. The summed E-state index contributed by atoms with van der Waals surface area (Å²) in [4.78, 5) is 10.6. The Bertz CT molecular complexity index is 179. The van der Waals surface area contributed by atoms with Gasteiger partial charge in [-0.25, -0.2) is 0 Å². The summed E-state index contributed by atoms with van der Waals surface area (Å²) in [5.74, 6) is 0.272. The molecular formula is C10H20N2O2. The fraction of sp³-hybridized carbons (Fsp3) is 0.900. The van der Waals surface area contributed by atoms with E-state index < -0.39 is 11.9 Å². The van der Waals surface area contributed by atoms with Crippen molar-refractivity contribution in [3.63, 3.8) is 0 Å². The molecule has 4 heteroatoms. The van der Waals surface area contributed by atoms with Crippen LogP contribution in [0.15, 0.2) is 0 Å². The highest BCUT2D eigenvalue weighted by atomic mass is 16.5. The van der Waals surface area contributed by atoms with Crippen molar-refractivity contribution in [3.05, 3.63) is 0 Å². The van der Waals surface area contributed by atoms with Crippen molar-refractivity contribution >= 4 is 5.91 Å². The van der Waals surface area contributed by atoms with Crippen molar-refractivity contribution in [2.45, 2.75) is 38.1 Å². The molecule has 1 unspecified atom stereocenters. The predicted molar refractivity (Wildman–Crippen MR) is 54.6 cm³/mol. The first-order valence-electron chi connectivity index (χ1n) is 5.33. The Morgan fingerprint density at radius 2 is 2.07 bits per heavy atom. The molecule has 0 aromatic rings. The van der Waals surface area contributed by atoms with Crippen LogP contribution < -0.4 is 11.5 Å². The smallest absolute Gasteiger partial charge is 0.234 e. The van der Waals surface area contributed by atoms with Crippen LogP contribution >= 0.6 is 0 Å². The van der Waals surface area contributed by atoms with E-state index in [1.807, 2.05) is 0 Å². The van der Waals surface area contributed by atoms with Crippen LogP contribution in [0.2, 0.25) is 0 Å². The van der Waals surface area contributed by atoms with Gasteiger partial charge in [-0.2, -0.15) is 0 Å². The summed E-state index contributed by atoms with van der Waals surface area (Å²) in [6, 6.07) is -0.557. The van der Waals surface area contributed by atoms with E-state index in [4.69, 9.17) is 16.2 Å². The fourth-order valence-electron chi connectivity index (χ4n) is 1.78. The van der Waals surface area contributed by atoms with Gasteiger partial charge in [-0.3, -0.25) is 4.79 Å². The Labute approximate surface area is 85.0 Å². The summed E-state index contributed by atoms with van der Waals surface area (Å²) in [6.07, 6.45) is 5.75. The maximum Gasteiger partial charge on any atom is 0.234 e. The number of hydrogen-bond donors (Lipinski definition) is 2. The third-order valence-electron chi connectivity index (χ3n) is 2.77. The van der Waals surface area contributed by atoms with Crippen LogP contribution in [0.3, 0.4) is 0 Å².